The second kappa shape index (κ2) is 12.5. The summed E-state index contributed by atoms with van der Waals surface area (Å²) in [6.07, 6.45) is 7.53. The van der Waals surface area contributed by atoms with Crippen LogP contribution in [-0.4, -0.2) is 91.8 Å². The molecule has 9 nitrogen and oxygen atoms in total. The third-order valence-corrected chi connectivity index (χ3v) is 14.2. The van der Waals surface area contributed by atoms with Crippen molar-refractivity contribution in [3.8, 4) is 5.75 Å². The summed E-state index contributed by atoms with van der Waals surface area (Å²) in [5.74, 6) is 0.960. The van der Waals surface area contributed by atoms with Crippen LogP contribution in [0.2, 0.25) is 0 Å². The molecule has 2 aromatic heterocycles. The van der Waals surface area contributed by atoms with E-state index >= 15 is 0 Å². The number of nitrogens with one attached hydrogen (secondary N) is 2. The molecule has 52 heavy (non-hydrogen) atoms. The Balaban J connectivity index is 1.32. The van der Waals surface area contributed by atoms with Crippen molar-refractivity contribution < 1.29 is 23.8 Å². The highest BCUT2D eigenvalue weighted by Gasteiger charge is 2.63. The largest absolute Gasteiger partial charge is 0.496 e. The summed E-state index contributed by atoms with van der Waals surface area (Å²) in [6.45, 7) is 7.16. The van der Waals surface area contributed by atoms with Crippen molar-refractivity contribution in [2.75, 3.05) is 48.0 Å². The minimum absolute atomic E-state index is 0.00427. The zero-order valence-electron chi connectivity index (χ0n) is 31.4. The molecule has 6 heterocycles. The van der Waals surface area contributed by atoms with Crippen LogP contribution in [0.25, 0.3) is 21.8 Å². The Kier molecular flexibility index (Phi) is 8.12. The molecule has 1 saturated carbocycles. The number of fused-ring (bicyclic) bond motifs is 9. The van der Waals surface area contributed by atoms with Gasteiger partial charge in [-0.3, -0.25) is 19.4 Å². The standard InChI is InChI=1S/C43H52N4O5/c1-7-24-17-23-20-43(42(49)52-6)39-28(15-16-47(21-23)40(24)43)27-13-14-34(50-4)36(38(27)45-39)31-18-29-25(8-2)22-46(3)33(35(29)41(48)51-5)19-30-26-11-9-10-12-32(26)44-37(30)31/h8-14,23-24,29,31,33,35,40,44-45H,7,15-22H2,1-6H3/b25-8+/t23-,24-,29+,31-,33-,35-,40-,43+/m0/s1. The lowest BCUT2D eigenvalue weighted by atomic mass is 9.56. The number of rotatable bonds is 5. The fourth-order valence-electron chi connectivity index (χ4n) is 12.1. The number of carbonyl (C=O) groups is 2. The van der Waals surface area contributed by atoms with Gasteiger partial charge in [0.2, 0.25) is 0 Å². The fourth-order valence-corrected chi connectivity index (χ4v) is 12.1. The molecule has 2 aliphatic carbocycles. The number of methoxy groups -OCH3 is 3. The van der Waals surface area contributed by atoms with Crippen LogP contribution < -0.4 is 4.74 Å². The zero-order valence-corrected chi connectivity index (χ0v) is 31.4. The molecule has 2 aromatic carbocycles. The van der Waals surface area contributed by atoms with Crippen LogP contribution in [0.15, 0.2) is 48.0 Å². The van der Waals surface area contributed by atoms with Crippen molar-refractivity contribution in [2.24, 2.45) is 23.7 Å². The van der Waals surface area contributed by atoms with Crippen molar-refractivity contribution in [3.63, 3.8) is 0 Å². The van der Waals surface area contributed by atoms with Crippen molar-refractivity contribution in [1.82, 2.24) is 19.8 Å². The predicted molar refractivity (Wildman–Crippen MR) is 202 cm³/mol. The molecule has 0 radical (unpaired) electrons. The van der Waals surface area contributed by atoms with Gasteiger partial charge in [0.15, 0.2) is 0 Å². The van der Waals surface area contributed by atoms with Crippen LogP contribution >= 0.6 is 0 Å². The Hall–Kier alpha value is -4.08. The summed E-state index contributed by atoms with van der Waals surface area (Å²) in [6, 6.07) is 13.0. The van der Waals surface area contributed by atoms with Gasteiger partial charge in [0.25, 0.3) is 0 Å². The minimum Gasteiger partial charge on any atom is -0.496 e. The molecule has 0 spiro atoms. The molecule has 1 unspecified atom stereocenters. The van der Waals surface area contributed by atoms with E-state index in [2.05, 4.69) is 83.1 Å². The molecule has 2 N–H and O–H groups in total. The van der Waals surface area contributed by atoms with Crippen LogP contribution in [0.3, 0.4) is 0 Å². The second-order valence-corrected chi connectivity index (χ2v) is 16.3. The Morgan fingerprint density at radius 2 is 1.85 bits per heavy atom. The van der Waals surface area contributed by atoms with E-state index in [0.717, 1.165) is 78.7 Å². The van der Waals surface area contributed by atoms with Gasteiger partial charge >= 0.3 is 11.9 Å². The van der Waals surface area contributed by atoms with Gasteiger partial charge in [0, 0.05) is 70.9 Å². The molecule has 9 atom stereocenters. The molecule has 0 amide bonds. The van der Waals surface area contributed by atoms with Crippen LogP contribution in [0.1, 0.15) is 73.5 Å². The topological polar surface area (TPSA) is 99.9 Å². The number of aromatic nitrogens is 2. The zero-order chi connectivity index (χ0) is 36.1. The number of ether oxygens (including phenoxy) is 3. The van der Waals surface area contributed by atoms with Gasteiger partial charge in [-0.2, -0.15) is 0 Å². The van der Waals surface area contributed by atoms with Gasteiger partial charge < -0.3 is 24.2 Å². The molecule has 4 aromatic rings. The maximum Gasteiger partial charge on any atom is 0.319 e. The number of likely N-dealkylation sites (tertiary alicyclic amines) is 1. The number of carbonyl (C=O) groups excluding carboxylic acids is 2. The molecule has 274 valence electrons. The normalized spacial score (nSPS) is 33.2. The van der Waals surface area contributed by atoms with E-state index in [1.165, 1.54) is 41.3 Å². The second-order valence-electron chi connectivity index (χ2n) is 16.3. The number of hydrogen-bond donors (Lipinski definition) is 2. The fraction of sp³-hybridized carbons (Fsp3) is 0.535. The molecular weight excluding hydrogens is 652 g/mol. The number of H-pyrrole nitrogens is 2. The third kappa shape index (κ3) is 4.60. The average molecular weight is 705 g/mol. The predicted octanol–water partition coefficient (Wildman–Crippen LogP) is 6.49. The first-order chi connectivity index (χ1) is 25.3. The molecule has 6 aliphatic rings. The van der Waals surface area contributed by atoms with E-state index in [-0.39, 0.29) is 41.8 Å². The minimum atomic E-state index is -0.756. The highest BCUT2D eigenvalue weighted by molar-refractivity contribution is 5.95. The van der Waals surface area contributed by atoms with E-state index in [1.807, 2.05) is 0 Å². The quantitative estimate of drug-likeness (QED) is 0.181. The van der Waals surface area contributed by atoms with Gasteiger partial charge in [-0.25, -0.2) is 0 Å². The van der Waals surface area contributed by atoms with Gasteiger partial charge in [-0.15, -0.1) is 0 Å². The lowest BCUT2D eigenvalue weighted by Gasteiger charge is -2.57. The number of aromatic amines is 2. The number of para-hydroxylation sites is 1. The lowest BCUT2D eigenvalue weighted by molar-refractivity contribution is -0.162. The summed E-state index contributed by atoms with van der Waals surface area (Å²) in [5, 5.41) is 2.35. The number of piperidine rings is 3. The highest BCUT2D eigenvalue weighted by Crippen LogP contribution is 2.57. The van der Waals surface area contributed by atoms with E-state index in [9.17, 15) is 9.59 Å². The lowest BCUT2D eigenvalue weighted by Crippen LogP contribution is -2.67. The van der Waals surface area contributed by atoms with E-state index in [1.54, 1.807) is 14.2 Å². The first-order valence-electron chi connectivity index (χ1n) is 19.3. The number of hydrogen-bond acceptors (Lipinski definition) is 7. The number of esters is 2. The van der Waals surface area contributed by atoms with E-state index in [0.29, 0.717) is 18.3 Å². The molecule has 3 saturated heterocycles. The molecule has 4 fully saturated rings. The summed E-state index contributed by atoms with van der Waals surface area (Å²) >= 11 is 0. The van der Waals surface area contributed by atoms with Gasteiger partial charge in [-0.1, -0.05) is 43.2 Å². The van der Waals surface area contributed by atoms with Crippen LogP contribution in [0, 0.1) is 23.7 Å². The van der Waals surface area contributed by atoms with E-state index < -0.39 is 5.41 Å². The Bertz CT molecular complexity index is 2110. The Labute approximate surface area is 306 Å². The van der Waals surface area contributed by atoms with Gasteiger partial charge in [0.1, 0.15) is 11.2 Å². The number of likely N-dealkylation sites (N-methyl/N-ethyl adjacent to an activating group) is 1. The smallest absolute Gasteiger partial charge is 0.319 e. The average Bonchev–Trinajstić information content (AvgIpc) is 3.70. The van der Waals surface area contributed by atoms with Crippen LogP contribution in [0.5, 0.6) is 5.75 Å². The van der Waals surface area contributed by atoms with Crippen LogP contribution in [0.4, 0.5) is 0 Å². The van der Waals surface area contributed by atoms with Gasteiger partial charge in [0.05, 0.1) is 32.8 Å². The monoisotopic (exact) mass is 704 g/mol. The first kappa shape index (κ1) is 33.7. The summed E-state index contributed by atoms with van der Waals surface area (Å²) in [4.78, 5) is 41.2. The highest BCUT2D eigenvalue weighted by atomic mass is 16.5. The number of nitrogens with zero attached hydrogens (tertiary/aromatic N) is 2. The van der Waals surface area contributed by atoms with Gasteiger partial charge in [-0.05, 0) is 93.2 Å². The molecule has 9 heteroatoms. The van der Waals surface area contributed by atoms with Crippen LogP contribution in [-0.2, 0) is 37.3 Å². The third-order valence-electron chi connectivity index (χ3n) is 14.2. The Morgan fingerprint density at radius 1 is 1.02 bits per heavy atom. The molecule has 4 aliphatic heterocycles. The van der Waals surface area contributed by atoms with Crippen molar-refractivity contribution in [1.29, 1.82) is 0 Å². The SMILES string of the molecule is C/C=C1\CN(C)[C@H]2Cc3c([nH]c4ccccc34)[C@H](c3c(OC)ccc4c5c([nH]c34)[C@]3(C(=O)OC)C[C@@H]4C[C@H](CC)[C@@H]3N(CC5)C4)C[C@H]1[C@@H]2C(=O)OC. The number of benzene rings is 2. The summed E-state index contributed by atoms with van der Waals surface area (Å²) in [7, 11) is 6.98. The summed E-state index contributed by atoms with van der Waals surface area (Å²) < 4.78 is 17.7. The molecule has 6 bridgehead atoms. The maximum atomic E-state index is 14.4. The molecule has 10 rings (SSSR count). The van der Waals surface area contributed by atoms with Crippen molar-refractivity contribution in [3.05, 3.63) is 76.1 Å². The number of allylic oxidation sites excluding steroid dienone is 1. The van der Waals surface area contributed by atoms with E-state index in [4.69, 9.17) is 14.2 Å². The first-order valence-corrected chi connectivity index (χ1v) is 19.3. The Morgan fingerprint density at radius 3 is 2.60 bits per heavy atom. The van der Waals surface area contributed by atoms with Crippen molar-refractivity contribution >= 4 is 33.7 Å². The maximum absolute atomic E-state index is 14.4. The summed E-state index contributed by atoms with van der Waals surface area (Å²) in [5.41, 5.74) is 8.43. The molecular formula is C43H52N4O5. The van der Waals surface area contributed by atoms with Crippen molar-refractivity contribution in [2.45, 2.75) is 75.8 Å².